The number of aromatic nitrogens is 6. The molecule has 0 aliphatic rings. The zero-order valence-corrected chi connectivity index (χ0v) is 21.4. The fraction of sp³-hybridized carbons (Fsp3) is 0.0714. The van der Waals surface area contributed by atoms with Gasteiger partial charge in [0, 0.05) is 22.2 Å². The summed E-state index contributed by atoms with van der Waals surface area (Å²) in [4.78, 5) is 18.6. The van der Waals surface area contributed by atoms with Gasteiger partial charge in [0.1, 0.15) is 34.7 Å². The van der Waals surface area contributed by atoms with E-state index in [1.54, 1.807) is 12.4 Å². The minimum absolute atomic E-state index is 0.424. The summed E-state index contributed by atoms with van der Waals surface area (Å²) in [6.07, 6.45) is 3.29. The van der Waals surface area contributed by atoms with E-state index in [1.807, 2.05) is 87.3 Å². The van der Waals surface area contributed by atoms with Crippen LogP contribution in [-0.2, 0) is 0 Å². The van der Waals surface area contributed by atoms with Crippen LogP contribution in [0.2, 0.25) is 0 Å². The molecule has 6 aromatic rings. The normalized spacial score (nSPS) is 12.9. The summed E-state index contributed by atoms with van der Waals surface area (Å²) in [5.41, 5.74) is 6.69. The summed E-state index contributed by atoms with van der Waals surface area (Å²) in [6, 6.07) is 20.0. The molecule has 4 aromatic heterocycles. The fourth-order valence-electron chi connectivity index (χ4n) is 5.15. The van der Waals surface area contributed by atoms with Gasteiger partial charge in [0.05, 0.1) is 45.2 Å². The molecule has 0 radical (unpaired) electrons. The maximum absolute atomic E-state index is 10.3. The third-order valence-electron chi connectivity index (χ3n) is 7.23. The molecule has 8 nitrogen and oxygen atoms in total. The Bertz CT molecular complexity index is 2000. The number of hydrogen-bond donors (Lipinski definition) is 0. The first-order valence-corrected chi connectivity index (χ1v) is 12.1. The van der Waals surface area contributed by atoms with Gasteiger partial charge in [-0.25, -0.2) is 9.97 Å². The quantitative estimate of drug-likeness (QED) is 0.338. The molecule has 4 heterocycles. The average molecular weight is 490 g/mol. The minimum Gasteiger partial charge on any atom is -0.395 e. The highest BCUT2D eigenvalue weighted by Crippen LogP contribution is 2.22. The average Bonchev–Trinajstić information content (AvgIpc) is 3.35. The topological polar surface area (TPSA) is 109 Å². The zero-order chi connectivity index (χ0) is 26.6. The number of aryl methyl sites for hydroxylation is 2. The van der Waals surface area contributed by atoms with E-state index in [0.717, 1.165) is 54.9 Å². The van der Waals surface area contributed by atoms with E-state index in [9.17, 15) is 10.5 Å². The molecule has 38 heavy (non-hydrogen) atoms. The van der Waals surface area contributed by atoms with Crippen LogP contribution in [-0.4, -0.2) is 44.9 Å². The van der Waals surface area contributed by atoms with Crippen LogP contribution in [0, 0.1) is 36.5 Å². The van der Waals surface area contributed by atoms with E-state index in [4.69, 9.17) is 9.97 Å². The van der Waals surface area contributed by atoms with E-state index in [-0.39, 0.29) is 0 Å². The van der Waals surface area contributed by atoms with Gasteiger partial charge >= 0.3 is 0 Å². The molecule has 10 heteroatoms. The van der Waals surface area contributed by atoms with Gasteiger partial charge in [-0.15, -0.1) is 0 Å². The highest BCUT2D eigenvalue weighted by molar-refractivity contribution is 6.14. The van der Waals surface area contributed by atoms with Crippen LogP contribution in [0.25, 0.3) is 44.0 Å². The summed E-state index contributed by atoms with van der Waals surface area (Å²) < 4.78 is 4.00. The number of benzene rings is 2. The summed E-state index contributed by atoms with van der Waals surface area (Å²) >= 11 is 0. The molecule has 0 N–H and O–H groups in total. The van der Waals surface area contributed by atoms with Crippen molar-refractivity contribution in [3.8, 4) is 12.1 Å². The van der Waals surface area contributed by atoms with E-state index >= 15 is 0 Å². The summed E-state index contributed by atoms with van der Waals surface area (Å²) in [6.45, 7) is 3.99. The summed E-state index contributed by atoms with van der Waals surface area (Å²) in [5.74, 6) is 0. The first-order valence-electron chi connectivity index (χ1n) is 12.1. The summed E-state index contributed by atoms with van der Waals surface area (Å²) in [5, 5.41) is 24.0. The summed E-state index contributed by atoms with van der Waals surface area (Å²) in [7, 11) is 3.86. The number of fused-ring (bicyclic) bond motifs is 3. The van der Waals surface area contributed by atoms with Gasteiger partial charge in [-0.1, -0.05) is 24.3 Å². The molecule has 0 atom stereocenters. The molecule has 0 amide bonds. The Morgan fingerprint density at radius 3 is 1.39 bits per heavy atom. The Labute approximate surface area is 219 Å². The molecule has 0 spiro atoms. The molecule has 0 saturated carbocycles. The van der Waals surface area contributed by atoms with Gasteiger partial charge in [-0.3, -0.25) is 9.97 Å². The predicted octanol–water partition coefficient (Wildman–Crippen LogP) is 1.18. The van der Waals surface area contributed by atoms with Crippen molar-refractivity contribution in [1.82, 2.24) is 28.9 Å². The van der Waals surface area contributed by atoms with Crippen LogP contribution in [0.1, 0.15) is 22.8 Å². The predicted molar refractivity (Wildman–Crippen MR) is 152 cm³/mol. The van der Waals surface area contributed by atoms with Crippen molar-refractivity contribution in [3.63, 3.8) is 0 Å². The lowest BCUT2D eigenvalue weighted by Gasteiger charge is -2.07. The van der Waals surface area contributed by atoms with Crippen LogP contribution >= 0.6 is 0 Å². The number of para-hydroxylation sites is 4. The third kappa shape index (κ3) is 3.31. The molecular formula is C28H20B2N8. The number of nitriles is 2. The van der Waals surface area contributed by atoms with Crippen LogP contribution < -0.4 is 10.7 Å². The van der Waals surface area contributed by atoms with Crippen molar-refractivity contribution in [2.75, 3.05) is 0 Å². The molecular weight excluding hydrogens is 470 g/mol. The maximum atomic E-state index is 10.3. The van der Waals surface area contributed by atoms with Crippen molar-refractivity contribution in [2.24, 2.45) is 0 Å². The smallest absolute Gasteiger partial charge is 0.223 e. The second kappa shape index (κ2) is 8.72. The van der Waals surface area contributed by atoms with Crippen LogP contribution in [0.15, 0.2) is 60.9 Å². The SMILES string of the molecule is Bn1c(C)c2/c(=C(\C#N)c3cnc4ccccc4n3)n(B)c(C)c2/c1=C(\C#N)c1cnc2ccccc2n1. The Morgan fingerprint density at radius 1 is 0.658 bits per heavy atom. The Morgan fingerprint density at radius 2 is 1.03 bits per heavy atom. The second-order valence-electron chi connectivity index (χ2n) is 9.20. The number of rotatable bonds is 2. The second-order valence-corrected chi connectivity index (χ2v) is 9.20. The molecule has 178 valence electrons. The van der Waals surface area contributed by atoms with Crippen molar-refractivity contribution < 1.29 is 0 Å². The minimum atomic E-state index is 0.424. The Hall–Kier alpha value is -5.21. The van der Waals surface area contributed by atoms with Gasteiger partial charge < -0.3 is 8.96 Å². The molecule has 0 fully saturated rings. The van der Waals surface area contributed by atoms with Crippen molar-refractivity contribution in [1.29, 1.82) is 10.5 Å². The van der Waals surface area contributed by atoms with Gasteiger partial charge in [-0.05, 0) is 38.1 Å². The number of nitrogens with zero attached hydrogens (tertiary/aromatic N) is 8. The fourth-order valence-corrected chi connectivity index (χ4v) is 5.15. The first-order chi connectivity index (χ1) is 18.4. The molecule has 0 aliphatic heterocycles. The third-order valence-corrected chi connectivity index (χ3v) is 7.23. The van der Waals surface area contributed by atoms with E-state index < -0.39 is 0 Å². The van der Waals surface area contributed by atoms with Gasteiger partial charge in [0.25, 0.3) is 0 Å². The Kier molecular flexibility index (Phi) is 5.32. The van der Waals surface area contributed by atoms with Crippen LogP contribution in [0.5, 0.6) is 0 Å². The van der Waals surface area contributed by atoms with Gasteiger partial charge in [0.15, 0.2) is 0 Å². The monoisotopic (exact) mass is 490 g/mol. The van der Waals surface area contributed by atoms with Gasteiger partial charge in [-0.2, -0.15) is 10.5 Å². The lowest BCUT2D eigenvalue weighted by Crippen LogP contribution is -2.24. The lowest BCUT2D eigenvalue weighted by atomic mass is 10.1. The van der Waals surface area contributed by atoms with E-state index in [2.05, 4.69) is 22.1 Å². The zero-order valence-electron chi connectivity index (χ0n) is 21.4. The molecule has 0 unspecified atom stereocenters. The number of hydrogen-bond acceptors (Lipinski definition) is 6. The maximum Gasteiger partial charge on any atom is 0.223 e. The van der Waals surface area contributed by atoms with Crippen molar-refractivity contribution in [3.05, 3.63) is 94.4 Å². The largest absolute Gasteiger partial charge is 0.395 e. The standard InChI is InChI=1S/C28H20B2N8/c1-15-25-26(28(37(15)29)18(12-32)24-14-34-20-8-4-6-10-22(20)36-24)16(2)38(30)27(25)17(11-31)23-13-33-19-7-3-5-9-21(19)35-23/h3-10,13-14H,29-30H2,1-2H3/b27-17-,28-18-. The lowest BCUT2D eigenvalue weighted by molar-refractivity contribution is 1.07. The van der Waals surface area contributed by atoms with Gasteiger partial charge in [0.2, 0.25) is 16.0 Å². The van der Waals surface area contributed by atoms with Crippen LogP contribution in [0.4, 0.5) is 0 Å². The highest BCUT2D eigenvalue weighted by Gasteiger charge is 2.22. The molecule has 0 aliphatic carbocycles. The molecule has 2 aromatic carbocycles. The van der Waals surface area contributed by atoms with Crippen molar-refractivity contribution >= 4 is 59.9 Å². The highest BCUT2D eigenvalue weighted by atomic mass is 14.9. The molecule has 0 saturated heterocycles. The Balaban J connectivity index is 1.75. The van der Waals surface area contributed by atoms with Crippen LogP contribution in [0.3, 0.4) is 0 Å². The van der Waals surface area contributed by atoms with E-state index in [1.165, 1.54) is 0 Å². The van der Waals surface area contributed by atoms with E-state index in [0.29, 0.717) is 22.5 Å². The molecule has 0 bridgehead atoms. The first kappa shape index (κ1) is 23.2. The molecule has 6 rings (SSSR count). The van der Waals surface area contributed by atoms with Crippen molar-refractivity contribution in [2.45, 2.75) is 13.8 Å².